The summed E-state index contributed by atoms with van der Waals surface area (Å²) in [6.45, 7) is 6.25. The van der Waals surface area contributed by atoms with Gasteiger partial charge in [-0.15, -0.1) is 0 Å². The number of rotatable bonds is 8. The van der Waals surface area contributed by atoms with E-state index in [2.05, 4.69) is 10.0 Å². The van der Waals surface area contributed by atoms with Gasteiger partial charge in [0.05, 0.1) is 37.4 Å². The molecule has 8 heteroatoms. The summed E-state index contributed by atoms with van der Waals surface area (Å²) in [4.78, 5) is 27.5. The van der Waals surface area contributed by atoms with Crippen molar-refractivity contribution in [2.45, 2.75) is 39.2 Å². The highest BCUT2D eigenvalue weighted by Crippen LogP contribution is 2.34. The maximum atomic E-state index is 13.5. The Kier molecular flexibility index (Phi) is 8.13. The summed E-state index contributed by atoms with van der Waals surface area (Å²) in [6, 6.07) is 13.7. The molecule has 0 saturated carbocycles. The third kappa shape index (κ3) is 6.06. The molecule has 1 saturated heterocycles. The topological polar surface area (TPSA) is 71.4 Å². The minimum atomic E-state index is -0.311. The number of carbonyl (C=O) groups excluding carboxylic acids is 2. The summed E-state index contributed by atoms with van der Waals surface area (Å²) >= 11 is 0. The smallest absolute Gasteiger partial charge is 0.309 e. The first-order valence-electron chi connectivity index (χ1n) is 12.3. The summed E-state index contributed by atoms with van der Waals surface area (Å²) in [5.74, 6) is 0.108. The Labute approximate surface area is 205 Å². The number of piperidine rings is 1. The minimum absolute atomic E-state index is 0.101. The molecule has 1 atom stereocenters. The van der Waals surface area contributed by atoms with Crippen LogP contribution in [0.4, 0.5) is 4.39 Å². The van der Waals surface area contributed by atoms with Crippen LogP contribution in [0.15, 0.2) is 53.6 Å². The van der Waals surface area contributed by atoms with Crippen molar-refractivity contribution in [3.8, 4) is 5.75 Å². The van der Waals surface area contributed by atoms with Gasteiger partial charge in [-0.3, -0.25) is 14.5 Å². The molecule has 0 aliphatic carbocycles. The number of nitrogens with zero attached hydrogens (tertiary/aromatic N) is 3. The molecule has 2 aromatic rings. The molecule has 35 heavy (non-hydrogen) atoms. The number of halogens is 1. The standard InChI is InChI=1S/C27H32FN3O4/c1-3-34-23-11-7-20(8-12-23)25-17-24(19-5-9-22(28)10-6-19)29-31(25)26(32)18-30-15-13-21(14-16-30)27(33)35-4-2/h5-12,21,25H,3-4,13-18H2,1-2H3/t25-/m0/s1. The fourth-order valence-electron chi connectivity index (χ4n) is 4.62. The number of esters is 1. The molecule has 0 spiro atoms. The van der Waals surface area contributed by atoms with Crippen LogP contribution in [0.5, 0.6) is 5.75 Å². The van der Waals surface area contributed by atoms with Gasteiger partial charge in [-0.05, 0) is 75.2 Å². The van der Waals surface area contributed by atoms with Crippen LogP contribution in [0.2, 0.25) is 0 Å². The SMILES string of the molecule is CCOC(=O)C1CCN(CC(=O)N2N=C(c3ccc(F)cc3)C[C@H]2c2ccc(OCC)cc2)CC1. The van der Waals surface area contributed by atoms with Crippen molar-refractivity contribution < 1.29 is 23.5 Å². The lowest BCUT2D eigenvalue weighted by Gasteiger charge is -2.32. The highest BCUT2D eigenvalue weighted by molar-refractivity contribution is 6.03. The van der Waals surface area contributed by atoms with Gasteiger partial charge < -0.3 is 9.47 Å². The van der Waals surface area contributed by atoms with E-state index in [0.717, 1.165) is 22.6 Å². The highest BCUT2D eigenvalue weighted by Gasteiger charge is 2.35. The van der Waals surface area contributed by atoms with E-state index in [1.165, 1.54) is 12.1 Å². The molecule has 7 nitrogen and oxygen atoms in total. The molecule has 0 radical (unpaired) electrons. The van der Waals surface area contributed by atoms with Crippen LogP contribution in [0.1, 0.15) is 50.3 Å². The van der Waals surface area contributed by atoms with Gasteiger partial charge in [0.25, 0.3) is 5.91 Å². The number of benzene rings is 2. The predicted octanol–water partition coefficient (Wildman–Crippen LogP) is 4.18. The normalized spacial score (nSPS) is 18.9. The average Bonchev–Trinajstić information content (AvgIpc) is 3.31. The summed E-state index contributed by atoms with van der Waals surface area (Å²) in [7, 11) is 0. The van der Waals surface area contributed by atoms with E-state index in [1.807, 2.05) is 38.1 Å². The lowest BCUT2D eigenvalue weighted by Crippen LogP contribution is -2.43. The summed E-state index contributed by atoms with van der Waals surface area (Å²) in [5, 5.41) is 6.24. The number of hydrogen-bond acceptors (Lipinski definition) is 6. The minimum Gasteiger partial charge on any atom is -0.494 e. The van der Waals surface area contributed by atoms with E-state index in [0.29, 0.717) is 45.6 Å². The largest absolute Gasteiger partial charge is 0.494 e. The maximum absolute atomic E-state index is 13.5. The average molecular weight is 482 g/mol. The molecule has 2 aliphatic heterocycles. The molecule has 0 bridgehead atoms. The molecule has 1 amide bonds. The van der Waals surface area contributed by atoms with E-state index < -0.39 is 0 Å². The summed E-state index contributed by atoms with van der Waals surface area (Å²) in [6.07, 6.45) is 1.90. The van der Waals surface area contributed by atoms with E-state index >= 15 is 0 Å². The molecule has 2 aromatic carbocycles. The lowest BCUT2D eigenvalue weighted by atomic mass is 9.97. The van der Waals surface area contributed by atoms with Gasteiger partial charge in [0.1, 0.15) is 11.6 Å². The van der Waals surface area contributed by atoms with Crippen molar-refractivity contribution in [3.05, 3.63) is 65.5 Å². The van der Waals surface area contributed by atoms with Crippen LogP contribution in [0, 0.1) is 11.7 Å². The monoisotopic (exact) mass is 481 g/mol. The van der Waals surface area contributed by atoms with Gasteiger partial charge in [0, 0.05) is 6.42 Å². The zero-order valence-electron chi connectivity index (χ0n) is 20.3. The van der Waals surface area contributed by atoms with Crippen LogP contribution in [-0.2, 0) is 14.3 Å². The Balaban J connectivity index is 1.48. The number of likely N-dealkylation sites (tertiary alicyclic amines) is 1. The fraction of sp³-hybridized carbons (Fsp3) is 0.444. The first kappa shape index (κ1) is 24.9. The number of hydrazone groups is 1. The zero-order chi connectivity index (χ0) is 24.8. The Bertz CT molecular complexity index is 1050. The van der Waals surface area contributed by atoms with Crippen LogP contribution >= 0.6 is 0 Å². The molecule has 0 unspecified atom stereocenters. The molecule has 186 valence electrons. The van der Waals surface area contributed by atoms with Crippen molar-refractivity contribution in [1.29, 1.82) is 0 Å². The molecule has 0 N–H and O–H groups in total. The van der Waals surface area contributed by atoms with Crippen LogP contribution in [-0.4, -0.2) is 60.3 Å². The number of ether oxygens (including phenoxy) is 2. The van der Waals surface area contributed by atoms with Gasteiger partial charge in [-0.2, -0.15) is 5.10 Å². The van der Waals surface area contributed by atoms with E-state index in [4.69, 9.17) is 9.47 Å². The number of hydrogen-bond donors (Lipinski definition) is 0. The third-order valence-corrected chi connectivity index (χ3v) is 6.49. The van der Waals surface area contributed by atoms with Gasteiger partial charge in [-0.25, -0.2) is 9.40 Å². The first-order valence-corrected chi connectivity index (χ1v) is 12.3. The van der Waals surface area contributed by atoms with E-state index in [1.54, 1.807) is 17.1 Å². The lowest BCUT2D eigenvalue weighted by molar-refractivity contribution is -0.149. The van der Waals surface area contributed by atoms with Gasteiger partial charge >= 0.3 is 5.97 Å². The molecular formula is C27H32FN3O4. The second-order valence-corrected chi connectivity index (χ2v) is 8.82. The van der Waals surface area contributed by atoms with Crippen LogP contribution in [0.3, 0.4) is 0 Å². The van der Waals surface area contributed by atoms with Gasteiger partial charge in [0.2, 0.25) is 0 Å². The quantitative estimate of drug-likeness (QED) is 0.529. The van der Waals surface area contributed by atoms with E-state index in [-0.39, 0.29) is 36.2 Å². The molecule has 2 aliphatic rings. The molecule has 1 fully saturated rings. The molecule has 2 heterocycles. The third-order valence-electron chi connectivity index (χ3n) is 6.49. The van der Waals surface area contributed by atoms with Crippen molar-refractivity contribution in [1.82, 2.24) is 9.91 Å². The molecular weight excluding hydrogens is 449 g/mol. The summed E-state index contributed by atoms with van der Waals surface area (Å²) < 4.78 is 24.2. The Morgan fingerprint density at radius 2 is 1.69 bits per heavy atom. The van der Waals surface area contributed by atoms with Crippen molar-refractivity contribution in [2.24, 2.45) is 11.0 Å². The highest BCUT2D eigenvalue weighted by atomic mass is 19.1. The molecule has 0 aromatic heterocycles. The Hall–Kier alpha value is -3.26. The fourth-order valence-corrected chi connectivity index (χ4v) is 4.62. The van der Waals surface area contributed by atoms with Crippen molar-refractivity contribution in [2.75, 3.05) is 32.8 Å². The summed E-state index contributed by atoms with van der Waals surface area (Å²) in [5.41, 5.74) is 2.51. The van der Waals surface area contributed by atoms with Gasteiger partial charge in [-0.1, -0.05) is 24.3 Å². The van der Waals surface area contributed by atoms with Crippen molar-refractivity contribution in [3.63, 3.8) is 0 Å². The second kappa shape index (κ2) is 11.4. The zero-order valence-corrected chi connectivity index (χ0v) is 20.3. The number of amides is 1. The number of carbonyl (C=O) groups is 2. The van der Waals surface area contributed by atoms with Gasteiger partial charge in [0.15, 0.2) is 0 Å². The maximum Gasteiger partial charge on any atom is 0.309 e. The Morgan fingerprint density at radius 1 is 1.00 bits per heavy atom. The second-order valence-electron chi connectivity index (χ2n) is 8.82. The van der Waals surface area contributed by atoms with Crippen LogP contribution < -0.4 is 4.74 Å². The van der Waals surface area contributed by atoms with Crippen molar-refractivity contribution >= 4 is 17.6 Å². The first-order chi connectivity index (χ1) is 17.0. The van der Waals surface area contributed by atoms with Crippen LogP contribution in [0.25, 0.3) is 0 Å². The van der Waals surface area contributed by atoms with E-state index in [9.17, 15) is 14.0 Å². The predicted molar refractivity (Wildman–Crippen MR) is 131 cm³/mol. The molecule has 4 rings (SSSR count). The Morgan fingerprint density at radius 3 is 2.31 bits per heavy atom.